The topological polar surface area (TPSA) is 76.9 Å². The van der Waals surface area contributed by atoms with E-state index in [1.54, 1.807) is 46.6 Å². The molecule has 3 aromatic rings. The van der Waals surface area contributed by atoms with Gasteiger partial charge in [0.15, 0.2) is 5.82 Å². The number of nitrogens with zero attached hydrogens (tertiary/aromatic N) is 3. The summed E-state index contributed by atoms with van der Waals surface area (Å²) in [5.74, 6) is 0.673. The summed E-state index contributed by atoms with van der Waals surface area (Å²) in [6.07, 6.45) is 1.60. The van der Waals surface area contributed by atoms with Gasteiger partial charge in [-0.15, -0.1) is 21.5 Å². The van der Waals surface area contributed by atoms with E-state index in [4.69, 9.17) is 0 Å². The lowest BCUT2D eigenvalue weighted by Crippen LogP contribution is -2.11. The molecule has 0 fully saturated rings. The van der Waals surface area contributed by atoms with Gasteiger partial charge in [0.05, 0.1) is 0 Å². The lowest BCUT2D eigenvalue weighted by atomic mass is 10.2. The normalized spacial score (nSPS) is 11.5. The minimum absolute atomic E-state index is 0.284. The number of hydrogen-bond donors (Lipinski definition) is 1. The molecule has 21 heavy (non-hydrogen) atoms. The smallest absolute Gasteiger partial charge is 0.271 e. The van der Waals surface area contributed by atoms with Gasteiger partial charge in [-0.25, -0.2) is 8.42 Å². The van der Waals surface area contributed by atoms with Crippen LogP contribution in [0.2, 0.25) is 0 Å². The molecule has 2 aromatic heterocycles. The molecule has 0 unspecified atom stereocenters. The number of anilines is 1. The standard InChI is InChI=1S/C13H12N4O2S2/c1-17-9-14-15-13(17)10-4-2-5-11(8-10)16-21(18,19)12-6-3-7-20-12/h2-9,16H,1H3. The zero-order chi connectivity index (χ0) is 14.9. The number of aromatic nitrogens is 3. The maximum absolute atomic E-state index is 12.2. The Hall–Kier alpha value is -2.19. The molecule has 0 bridgehead atoms. The molecule has 0 saturated heterocycles. The molecule has 0 radical (unpaired) electrons. The van der Waals surface area contributed by atoms with Crippen molar-refractivity contribution in [2.75, 3.05) is 4.72 Å². The summed E-state index contributed by atoms with van der Waals surface area (Å²) >= 11 is 1.18. The predicted molar refractivity (Wildman–Crippen MR) is 81.6 cm³/mol. The Bertz CT molecular complexity index is 854. The SMILES string of the molecule is Cn1cnnc1-c1cccc(NS(=O)(=O)c2cccs2)c1. The number of hydrogen-bond acceptors (Lipinski definition) is 5. The zero-order valence-electron chi connectivity index (χ0n) is 11.1. The summed E-state index contributed by atoms with van der Waals surface area (Å²) in [5, 5.41) is 9.56. The average Bonchev–Trinajstić information content (AvgIpc) is 3.09. The number of sulfonamides is 1. The molecule has 3 rings (SSSR count). The molecule has 8 heteroatoms. The molecule has 1 aromatic carbocycles. The molecule has 0 saturated carbocycles. The highest BCUT2D eigenvalue weighted by Gasteiger charge is 2.15. The number of nitrogens with one attached hydrogen (secondary N) is 1. The maximum atomic E-state index is 12.2. The molecule has 6 nitrogen and oxygen atoms in total. The Balaban J connectivity index is 1.93. The quantitative estimate of drug-likeness (QED) is 0.800. The second-order valence-corrected chi connectivity index (χ2v) is 7.24. The lowest BCUT2D eigenvalue weighted by molar-refractivity contribution is 0.603. The fourth-order valence-electron chi connectivity index (χ4n) is 1.89. The van der Waals surface area contributed by atoms with Gasteiger partial charge in [-0.2, -0.15) is 0 Å². The van der Waals surface area contributed by atoms with Gasteiger partial charge in [-0.05, 0) is 23.6 Å². The van der Waals surface area contributed by atoms with E-state index in [0.717, 1.165) is 5.56 Å². The average molecular weight is 320 g/mol. The molecular weight excluding hydrogens is 308 g/mol. The third kappa shape index (κ3) is 2.81. The van der Waals surface area contributed by atoms with E-state index in [-0.39, 0.29) is 4.21 Å². The number of rotatable bonds is 4. The predicted octanol–water partition coefficient (Wildman–Crippen LogP) is 2.34. The molecule has 0 aliphatic heterocycles. The van der Waals surface area contributed by atoms with Crippen LogP contribution in [0, 0.1) is 0 Å². The van der Waals surface area contributed by atoms with Crippen LogP contribution in [0.1, 0.15) is 0 Å². The second-order valence-electron chi connectivity index (χ2n) is 4.38. The van der Waals surface area contributed by atoms with Crippen LogP contribution in [0.15, 0.2) is 52.3 Å². The Labute approximate surface area is 126 Å². The van der Waals surface area contributed by atoms with Gasteiger partial charge in [0, 0.05) is 18.3 Å². The number of benzene rings is 1. The molecule has 0 aliphatic carbocycles. The number of thiophene rings is 1. The lowest BCUT2D eigenvalue weighted by Gasteiger charge is -2.08. The first-order valence-corrected chi connectivity index (χ1v) is 8.43. The highest BCUT2D eigenvalue weighted by molar-refractivity contribution is 7.94. The molecule has 1 N–H and O–H groups in total. The Morgan fingerprint density at radius 3 is 2.76 bits per heavy atom. The second kappa shape index (κ2) is 5.30. The highest BCUT2D eigenvalue weighted by atomic mass is 32.2. The van der Waals surface area contributed by atoms with E-state index in [2.05, 4.69) is 14.9 Å². The van der Waals surface area contributed by atoms with Crippen molar-refractivity contribution in [2.24, 2.45) is 7.05 Å². The fraction of sp³-hybridized carbons (Fsp3) is 0.0769. The highest BCUT2D eigenvalue weighted by Crippen LogP contribution is 2.24. The van der Waals surface area contributed by atoms with Crippen molar-refractivity contribution >= 4 is 27.0 Å². The fourth-order valence-corrected chi connectivity index (χ4v) is 3.93. The van der Waals surface area contributed by atoms with E-state index < -0.39 is 10.0 Å². The molecule has 0 atom stereocenters. The molecular formula is C13H12N4O2S2. The first-order chi connectivity index (χ1) is 10.1. The van der Waals surface area contributed by atoms with E-state index in [1.165, 1.54) is 11.3 Å². The third-order valence-electron chi connectivity index (χ3n) is 2.84. The van der Waals surface area contributed by atoms with Crippen molar-refractivity contribution in [3.8, 4) is 11.4 Å². The van der Waals surface area contributed by atoms with Crippen molar-refractivity contribution in [2.45, 2.75) is 4.21 Å². The van der Waals surface area contributed by atoms with Crippen molar-refractivity contribution < 1.29 is 8.42 Å². The third-order valence-corrected chi connectivity index (χ3v) is 5.62. The number of aryl methyl sites for hydroxylation is 1. The Morgan fingerprint density at radius 2 is 2.10 bits per heavy atom. The van der Waals surface area contributed by atoms with Crippen LogP contribution in [0.4, 0.5) is 5.69 Å². The summed E-state index contributed by atoms with van der Waals surface area (Å²) in [6, 6.07) is 10.3. The summed E-state index contributed by atoms with van der Waals surface area (Å²) in [4.78, 5) is 0. The van der Waals surface area contributed by atoms with Crippen LogP contribution in [0.25, 0.3) is 11.4 Å². The van der Waals surface area contributed by atoms with Crippen LogP contribution in [0.5, 0.6) is 0 Å². The first-order valence-electron chi connectivity index (χ1n) is 6.07. The minimum atomic E-state index is -3.54. The van der Waals surface area contributed by atoms with E-state index in [9.17, 15) is 8.42 Å². The van der Waals surface area contributed by atoms with E-state index >= 15 is 0 Å². The largest absolute Gasteiger partial charge is 0.317 e. The molecule has 0 aliphatic rings. The summed E-state index contributed by atoms with van der Waals surface area (Å²) < 4.78 is 29.0. The van der Waals surface area contributed by atoms with Crippen molar-refractivity contribution in [3.05, 3.63) is 48.1 Å². The van der Waals surface area contributed by atoms with Crippen LogP contribution in [-0.4, -0.2) is 23.2 Å². The van der Waals surface area contributed by atoms with Gasteiger partial charge in [-0.3, -0.25) is 4.72 Å². The van der Waals surface area contributed by atoms with Crippen LogP contribution in [0.3, 0.4) is 0 Å². The summed E-state index contributed by atoms with van der Waals surface area (Å²) in [5.41, 5.74) is 1.28. The van der Waals surface area contributed by atoms with Crippen molar-refractivity contribution in [3.63, 3.8) is 0 Å². The minimum Gasteiger partial charge on any atom is -0.317 e. The maximum Gasteiger partial charge on any atom is 0.271 e. The monoisotopic (exact) mass is 320 g/mol. The Morgan fingerprint density at radius 1 is 1.24 bits per heavy atom. The van der Waals surface area contributed by atoms with Crippen molar-refractivity contribution in [1.82, 2.24) is 14.8 Å². The van der Waals surface area contributed by atoms with Gasteiger partial charge in [0.1, 0.15) is 10.5 Å². The van der Waals surface area contributed by atoms with Gasteiger partial charge in [0.25, 0.3) is 10.0 Å². The summed E-state index contributed by atoms with van der Waals surface area (Å²) in [6.45, 7) is 0. The van der Waals surface area contributed by atoms with E-state index in [0.29, 0.717) is 11.5 Å². The molecule has 0 amide bonds. The van der Waals surface area contributed by atoms with Crippen molar-refractivity contribution in [1.29, 1.82) is 0 Å². The molecule has 108 valence electrons. The van der Waals surface area contributed by atoms with Crippen LogP contribution in [-0.2, 0) is 17.1 Å². The molecule has 0 spiro atoms. The van der Waals surface area contributed by atoms with E-state index in [1.807, 2.05) is 13.1 Å². The van der Waals surface area contributed by atoms with Gasteiger partial charge < -0.3 is 4.57 Å². The van der Waals surface area contributed by atoms with Gasteiger partial charge in [0.2, 0.25) is 0 Å². The van der Waals surface area contributed by atoms with Crippen LogP contribution < -0.4 is 4.72 Å². The van der Waals surface area contributed by atoms with Crippen LogP contribution >= 0.6 is 11.3 Å². The van der Waals surface area contributed by atoms with Gasteiger partial charge >= 0.3 is 0 Å². The summed E-state index contributed by atoms with van der Waals surface area (Å²) in [7, 11) is -1.71. The first kappa shape index (κ1) is 13.8. The zero-order valence-corrected chi connectivity index (χ0v) is 12.7. The molecule has 2 heterocycles. The van der Waals surface area contributed by atoms with Gasteiger partial charge in [-0.1, -0.05) is 18.2 Å². The Kier molecular flexibility index (Phi) is 3.48.